The molecule has 9 heteroatoms. The van der Waals surface area contributed by atoms with Gasteiger partial charge in [-0.1, -0.05) is 0 Å². The first-order chi connectivity index (χ1) is 14.2. The molecule has 30 heavy (non-hydrogen) atoms. The van der Waals surface area contributed by atoms with E-state index in [9.17, 15) is 22.8 Å². The summed E-state index contributed by atoms with van der Waals surface area (Å²) in [6.07, 6.45) is -2.85. The number of hydrogen-bond donors (Lipinski definition) is 0. The van der Waals surface area contributed by atoms with E-state index in [0.717, 1.165) is 29.9 Å². The van der Waals surface area contributed by atoms with Crippen molar-refractivity contribution >= 4 is 23.3 Å². The number of piperazine rings is 1. The molecular weight excluding hydrogens is 397 g/mol. The van der Waals surface area contributed by atoms with Gasteiger partial charge in [0.1, 0.15) is 5.82 Å². The summed E-state index contributed by atoms with van der Waals surface area (Å²) in [5.74, 6) is 0.372. The minimum absolute atomic E-state index is 0.0131. The van der Waals surface area contributed by atoms with E-state index in [0.29, 0.717) is 44.1 Å². The van der Waals surface area contributed by atoms with Crippen LogP contribution < -0.4 is 9.80 Å². The monoisotopic (exact) mass is 418 g/mol. The maximum absolute atomic E-state index is 12.9. The second kappa shape index (κ2) is 7.62. The fourth-order valence-electron chi connectivity index (χ4n) is 3.92. The van der Waals surface area contributed by atoms with E-state index in [2.05, 4.69) is 4.98 Å². The summed E-state index contributed by atoms with van der Waals surface area (Å²) in [5, 5.41) is 0. The lowest BCUT2D eigenvalue weighted by molar-refractivity contribution is -0.137. The molecule has 2 amide bonds. The number of alkyl halides is 3. The van der Waals surface area contributed by atoms with Gasteiger partial charge in [-0.05, 0) is 42.3 Å². The van der Waals surface area contributed by atoms with Crippen molar-refractivity contribution in [1.29, 1.82) is 0 Å². The lowest BCUT2D eigenvalue weighted by Crippen LogP contribution is -2.49. The van der Waals surface area contributed by atoms with Crippen LogP contribution in [0.15, 0.2) is 36.5 Å². The molecule has 2 aliphatic heterocycles. The van der Waals surface area contributed by atoms with Crippen molar-refractivity contribution in [2.75, 3.05) is 42.5 Å². The SMILES string of the molecule is CC(=O)N1CCc2cc(C(=O)N3CCN(c4ccc(C(F)(F)F)cn4)CC3)ccc21. The van der Waals surface area contributed by atoms with Crippen LogP contribution in [0.25, 0.3) is 0 Å². The number of aromatic nitrogens is 1. The summed E-state index contributed by atoms with van der Waals surface area (Å²) in [6, 6.07) is 7.80. The Morgan fingerprint density at radius 3 is 2.33 bits per heavy atom. The molecule has 4 rings (SSSR count). The van der Waals surface area contributed by atoms with Crippen molar-refractivity contribution < 1.29 is 22.8 Å². The molecule has 0 aliphatic carbocycles. The molecule has 1 aromatic carbocycles. The zero-order valence-corrected chi connectivity index (χ0v) is 16.4. The molecule has 1 saturated heterocycles. The Labute approximate surface area is 171 Å². The van der Waals surface area contributed by atoms with Crippen LogP contribution in [0.5, 0.6) is 0 Å². The summed E-state index contributed by atoms with van der Waals surface area (Å²) >= 11 is 0. The summed E-state index contributed by atoms with van der Waals surface area (Å²) in [7, 11) is 0. The van der Waals surface area contributed by atoms with Crippen LogP contribution in [0.4, 0.5) is 24.7 Å². The average Bonchev–Trinajstić information content (AvgIpc) is 3.16. The highest BCUT2D eigenvalue weighted by Gasteiger charge is 2.31. The third kappa shape index (κ3) is 3.83. The second-order valence-electron chi connectivity index (χ2n) is 7.45. The highest BCUT2D eigenvalue weighted by atomic mass is 19.4. The van der Waals surface area contributed by atoms with Crippen molar-refractivity contribution in [3.05, 3.63) is 53.2 Å². The van der Waals surface area contributed by atoms with Crippen LogP contribution in [0.3, 0.4) is 0 Å². The van der Waals surface area contributed by atoms with Gasteiger partial charge in [0, 0.05) is 57.1 Å². The van der Waals surface area contributed by atoms with Gasteiger partial charge in [-0.2, -0.15) is 13.2 Å². The normalized spacial score (nSPS) is 16.6. The Morgan fingerprint density at radius 1 is 1.00 bits per heavy atom. The van der Waals surface area contributed by atoms with E-state index >= 15 is 0 Å². The highest BCUT2D eigenvalue weighted by molar-refractivity contribution is 5.98. The van der Waals surface area contributed by atoms with E-state index in [4.69, 9.17) is 0 Å². The van der Waals surface area contributed by atoms with E-state index in [1.54, 1.807) is 15.9 Å². The Bertz CT molecular complexity index is 967. The van der Waals surface area contributed by atoms with Crippen LogP contribution >= 0.6 is 0 Å². The topological polar surface area (TPSA) is 56.8 Å². The third-order valence-corrected chi connectivity index (χ3v) is 5.57. The fraction of sp³-hybridized carbons (Fsp3) is 0.381. The Balaban J connectivity index is 1.40. The van der Waals surface area contributed by atoms with Crippen LogP contribution in [0.1, 0.15) is 28.4 Å². The lowest BCUT2D eigenvalue weighted by Gasteiger charge is -2.35. The zero-order chi connectivity index (χ0) is 21.5. The number of hydrogen-bond acceptors (Lipinski definition) is 4. The summed E-state index contributed by atoms with van der Waals surface area (Å²) in [4.78, 5) is 33.8. The molecule has 3 heterocycles. The third-order valence-electron chi connectivity index (χ3n) is 5.57. The number of halogens is 3. The molecule has 0 bridgehead atoms. The van der Waals surface area contributed by atoms with Crippen molar-refractivity contribution in [2.45, 2.75) is 19.5 Å². The molecule has 0 N–H and O–H groups in total. The molecule has 0 unspecified atom stereocenters. The number of amides is 2. The molecule has 0 spiro atoms. The first-order valence-corrected chi connectivity index (χ1v) is 9.72. The molecule has 1 aromatic heterocycles. The van der Waals surface area contributed by atoms with Crippen LogP contribution in [0, 0.1) is 0 Å². The molecule has 2 aliphatic rings. The predicted octanol–water partition coefficient (Wildman–Crippen LogP) is 2.97. The minimum atomic E-state index is -4.41. The lowest BCUT2D eigenvalue weighted by atomic mass is 10.1. The standard InChI is InChI=1S/C21H21F3N4O2/c1-14(29)28-7-6-15-12-16(2-4-18(15)28)20(30)27-10-8-26(9-11-27)19-5-3-17(13-25-19)21(22,23)24/h2-5,12-13H,6-11H2,1H3. The molecule has 0 saturated carbocycles. The first kappa shape index (κ1) is 20.2. The molecule has 0 radical (unpaired) electrons. The van der Waals surface area contributed by atoms with Crippen LogP contribution in [0.2, 0.25) is 0 Å². The number of benzene rings is 1. The van der Waals surface area contributed by atoms with Crippen LogP contribution in [-0.2, 0) is 17.4 Å². The fourth-order valence-corrected chi connectivity index (χ4v) is 3.92. The summed E-state index contributed by atoms with van der Waals surface area (Å²) in [5.41, 5.74) is 1.65. The number of rotatable bonds is 2. The van der Waals surface area contributed by atoms with Crippen molar-refractivity contribution in [1.82, 2.24) is 9.88 Å². The minimum Gasteiger partial charge on any atom is -0.353 e. The molecule has 0 atom stereocenters. The molecule has 2 aromatic rings. The predicted molar refractivity (Wildman–Crippen MR) is 106 cm³/mol. The van der Waals surface area contributed by atoms with Crippen molar-refractivity contribution in [3.63, 3.8) is 0 Å². The van der Waals surface area contributed by atoms with E-state index in [1.165, 1.54) is 13.0 Å². The van der Waals surface area contributed by atoms with Crippen molar-refractivity contribution in [2.24, 2.45) is 0 Å². The van der Waals surface area contributed by atoms with Gasteiger partial charge in [0.2, 0.25) is 5.91 Å². The van der Waals surface area contributed by atoms with Gasteiger partial charge in [0.05, 0.1) is 5.56 Å². The quantitative estimate of drug-likeness (QED) is 0.753. The van der Waals surface area contributed by atoms with Crippen molar-refractivity contribution in [3.8, 4) is 0 Å². The largest absolute Gasteiger partial charge is 0.417 e. The summed E-state index contributed by atoms with van der Waals surface area (Å²) in [6.45, 7) is 4.05. The first-order valence-electron chi connectivity index (χ1n) is 9.72. The van der Waals surface area contributed by atoms with E-state index < -0.39 is 11.7 Å². The van der Waals surface area contributed by atoms with E-state index in [-0.39, 0.29) is 11.8 Å². The number of carbonyl (C=O) groups excluding carboxylic acids is 2. The van der Waals surface area contributed by atoms with Gasteiger partial charge in [0.25, 0.3) is 5.91 Å². The second-order valence-corrected chi connectivity index (χ2v) is 7.45. The molecule has 6 nitrogen and oxygen atoms in total. The van der Waals surface area contributed by atoms with E-state index in [1.807, 2.05) is 17.0 Å². The zero-order valence-electron chi connectivity index (χ0n) is 16.4. The summed E-state index contributed by atoms with van der Waals surface area (Å²) < 4.78 is 38.1. The Hall–Kier alpha value is -3.10. The number of nitrogens with zero attached hydrogens (tertiary/aromatic N) is 4. The Kier molecular flexibility index (Phi) is 5.13. The Morgan fingerprint density at radius 2 is 1.73 bits per heavy atom. The smallest absolute Gasteiger partial charge is 0.353 e. The van der Waals surface area contributed by atoms with Gasteiger partial charge in [-0.25, -0.2) is 4.98 Å². The number of pyridine rings is 1. The average molecular weight is 418 g/mol. The molecular formula is C21H21F3N4O2. The number of anilines is 2. The van der Waals surface area contributed by atoms with Crippen LogP contribution in [-0.4, -0.2) is 54.4 Å². The highest BCUT2D eigenvalue weighted by Crippen LogP contribution is 2.30. The van der Waals surface area contributed by atoms with Gasteiger partial charge >= 0.3 is 6.18 Å². The van der Waals surface area contributed by atoms with Gasteiger partial charge in [-0.15, -0.1) is 0 Å². The van der Waals surface area contributed by atoms with Gasteiger partial charge < -0.3 is 14.7 Å². The van der Waals surface area contributed by atoms with Gasteiger partial charge in [-0.3, -0.25) is 9.59 Å². The number of carbonyl (C=O) groups is 2. The maximum atomic E-state index is 12.9. The molecule has 1 fully saturated rings. The van der Waals surface area contributed by atoms with Gasteiger partial charge in [0.15, 0.2) is 0 Å². The number of fused-ring (bicyclic) bond motifs is 1. The molecule has 158 valence electrons. The maximum Gasteiger partial charge on any atom is 0.417 e.